The second kappa shape index (κ2) is 4.07. The monoisotopic (exact) mass is 229 g/mol. The molecule has 0 saturated carbocycles. The van der Waals surface area contributed by atoms with Crippen LogP contribution >= 0.6 is 15.9 Å². The van der Waals surface area contributed by atoms with Crippen molar-refractivity contribution < 1.29 is 9.13 Å². The van der Waals surface area contributed by atoms with Gasteiger partial charge in [-0.2, -0.15) is 0 Å². The summed E-state index contributed by atoms with van der Waals surface area (Å²) in [6.45, 7) is 5.85. The minimum atomic E-state index is -0.913. The van der Waals surface area contributed by atoms with Gasteiger partial charge in [0, 0.05) is 4.47 Å². The fraction of sp³-hybridized carbons (Fsp3) is 0.125. The van der Waals surface area contributed by atoms with Crippen molar-refractivity contribution in [3.63, 3.8) is 0 Å². The van der Waals surface area contributed by atoms with Gasteiger partial charge in [-0.15, -0.1) is 0 Å². The molecule has 0 aliphatic rings. The highest BCUT2D eigenvalue weighted by molar-refractivity contribution is 9.10. The number of rotatable bonds is 2. The highest BCUT2D eigenvalue weighted by Gasteiger charge is 2.02. The third-order valence-corrected chi connectivity index (χ3v) is 1.74. The summed E-state index contributed by atoms with van der Waals surface area (Å²) in [5.74, 6) is 0.274. The van der Waals surface area contributed by atoms with Crippen LogP contribution in [0.3, 0.4) is 0 Å². The van der Waals surface area contributed by atoms with Crippen LogP contribution in [0, 0.1) is 6.57 Å². The van der Waals surface area contributed by atoms with Gasteiger partial charge in [-0.25, -0.2) is 9.24 Å². The minimum Gasteiger partial charge on any atom is -0.474 e. The summed E-state index contributed by atoms with van der Waals surface area (Å²) in [5, 5.41) is 0. The van der Waals surface area contributed by atoms with E-state index in [4.69, 9.17) is 6.57 Å². The van der Waals surface area contributed by atoms with Crippen LogP contribution in [0.2, 0.25) is 0 Å². The maximum atomic E-state index is 11.8. The SMILES string of the molecule is [C-]#[N+]c1cc(Br)ccc1OCF. The van der Waals surface area contributed by atoms with Gasteiger partial charge in [-0.05, 0) is 18.2 Å². The number of hydrogen-bond acceptors (Lipinski definition) is 1. The molecule has 0 fully saturated rings. The van der Waals surface area contributed by atoms with Gasteiger partial charge in [0.2, 0.25) is 12.5 Å². The number of halogens is 2. The molecule has 0 heterocycles. The van der Waals surface area contributed by atoms with Crippen molar-refractivity contribution in [3.05, 3.63) is 34.1 Å². The zero-order valence-electron chi connectivity index (χ0n) is 6.05. The molecule has 0 saturated heterocycles. The normalized spacial score (nSPS) is 9.08. The first-order chi connectivity index (χ1) is 5.77. The molecule has 62 valence electrons. The van der Waals surface area contributed by atoms with Crippen molar-refractivity contribution in [2.75, 3.05) is 6.86 Å². The van der Waals surface area contributed by atoms with Gasteiger partial charge < -0.3 is 4.74 Å². The largest absolute Gasteiger partial charge is 0.474 e. The van der Waals surface area contributed by atoms with E-state index < -0.39 is 6.86 Å². The second-order valence-electron chi connectivity index (χ2n) is 1.98. The number of ether oxygens (including phenoxy) is 1. The van der Waals surface area contributed by atoms with Crippen LogP contribution in [0.25, 0.3) is 4.85 Å². The second-order valence-corrected chi connectivity index (χ2v) is 2.89. The van der Waals surface area contributed by atoms with E-state index in [9.17, 15) is 4.39 Å². The molecule has 1 rings (SSSR count). The lowest BCUT2D eigenvalue weighted by atomic mass is 10.3. The van der Waals surface area contributed by atoms with Crippen molar-refractivity contribution in [2.24, 2.45) is 0 Å². The van der Waals surface area contributed by atoms with E-state index in [-0.39, 0.29) is 5.75 Å². The molecule has 0 aromatic heterocycles. The molecule has 0 unspecified atom stereocenters. The van der Waals surface area contributed by atoms with Crippen LogP contribution in [-0.2, 0) is 0 Å². The Morgan fingerprint density at radius 2 is 2.33 bits per heavy atom. The number of alkyl halides is 1. The summed E-state index contributed by atoms with van der Waals surface area (Å²) in [7, 11) is 0. The number of nitrogens with zero attached hydrogens (tertiary/aromatic N) is 1. The van der Waals surface area contributed by atoms with E-state index >= 15 is 0 Å². The minimum absolute atomic E-state index is 0.274. The number of hydrogen-bond donors (Lipinski definition) is 0. The molecule has 1 aromatic carbocycles. The van der Waals surface area contributed by atoms with E-state index in [2.05, 4.69) is 25.5 Å². The summed E-state index contributed by atoms with van der Waals surface area (Å²) in [6, 6.07) is 4.83. The molecular formula is C8H5BrFNO. The Morgan fingerprint density at radius 3 is 2.92 bits per heavy atom. The average Bonchev–Trinajstić information content (AvgIpc) is 2.08. The van der Waals surface area contributed by atoms with Crippen LogP contribution in [0.15, 0.2) is 22.7 Å². The van der Waals surface area contributed by atoms with Crippen LogP contribution < -0.4 is 4.74 Å². The molecule has 0 N–H and O–H groups in total. The number of benzene rings is 1. The van der Waals surface area contributed by atoms with Gasteiger partial charge in [-0.1, -0.05) is 15.9 Å². The Labute approximate surface area is 77.9 Å². The molecule has 0 radical (unpaired) electrons. The Hall–Kier alpha value is -1.08. The average molecular weight is 230 g/mol. The standard InChI is InChI=1S/C8H5BrFNO/c1-11-7-4-6(9)2-3-8(7)12-5-10/h2-4H,5H2. The quantitative estimate of drug-likeness (QED) is 0.710. The molecule has 1 aromatic rings. The molecule has 0 spiro atoms. The van der Waals surface area contributed by atoms with Crippen molar-refractivity contribution in [1.82, 2.24) is 0 Å². The van der Waals surface area contributed by atoms with Crippen LogP contribution in [0.1, 0.15) is 0 Å². The Morgan fingerprint density at radius 1 is 1.58 bits per heavy atom. The van der Waals surface area contributed by atoms with Gasteiger partial charge in [0.15, 0.2) is 0 Å². The molecule has 0 aliphatic carbocycles. The summed E-state index contributed by atoms with van der Waals surface area (Å²) >= 11 is 3.20. The first-order valence-electron chi connectivity index (χ1n) is 3.13. The third-order valence-electron chi connectivity index (χ3n) is 1.25. The summed E-state index contributed by atoms with van der Waals surface area (Å²) in [5.41, 5.74) is 0.307. The van der Waals surface area contributed by atoms with E-state index in [0.29, 0.717) is 5.69 Å². The molecule has 0 atom stereocenters. The van der Waals surface area contributed by atoms with Gasteiger partial charge in [-0.3, -0.25) is 0 Å². The van der Waals surface area contributed by atoms with Crippen LogP contribution in [-0.4, -0.2) is 6.86 Å². The third kappa shape index (κ3) is 1.95. The zero-order valence-corrected chi connectivity index (χ0v) is 7.64. The molecule has 12 heavy (non-hydrogen) atoms. The van der Waals surface area contributed by atoms with Crippen LogP contribution in [0.5, 0.6) is 5.75 Å². The van der Waals surface area contributed by atoms with Gasteiger partial charge in [0.05, 0.1) is 6.57 Å². The predicted octanol–water partition coefficient (Wildman–Crippen LogP) is 3.31. The fourth-order valence-corrected chi connectivity index (χ4v) is 1.11. The van der Waals surface area contributed by atoms with Crippen molar-refractivity contribution in [3.8, 4) is 5.75 Å². The topological polar surface area (TPSA) is 13.6 Å². The molecule has 0 bridgehead atoms. The van der Waals surface area contributed by atoms with Gasteiger partial charge in [0.25, 0.3) is 0 Å². The molecule has 2 nitrogen and oxygen atoms in total. The summed E-state index contributed by atoms with van der Waals surface area (Å²) < 4.78 is 17.1. The van der Waals surface area contributed by atoms with E-state index in [1.165, 1.54) is 0 Å². The predicted molar refractivity (Wildman–Crippen MR) is 47.0 cm³/mol. The van der Waals surface area contributed by atoms with E-state index in [0.717, 1.165) is 4.47 Å². The first-order valence-corrected chi connectivity index (χ1v) is 3.93. The molecule has 0 aliphatic heterocycles. The smallest absolute Gasteiger partial charge is 0.229 e. The lowest BCUT2D eigenvalue weighted by molar-refractivity contribution is 0.193. The molecule has 4 heteroatoms. The zero-order chi connectivity index (χ0) is 8.97. The highest BCUT2D eigenvalue weighted by Crippen LogP contribution is 2.30. The lowest BCUT2D eigenvalue weighted by Gasteiger charge is -2.02. The first kappa shape index (κ1) is 9.01. The van der Waals surface area contributed by atoms with Crippen molar-refractivity contribution >= 4 is 21.6 Å². The fourth-order valence-electron chi connectivity index (χ4n) is 0.759. The lowest BCUT2D eigenvalue weighted by Crippen LogP contribution is -1.89. The Bertz CT molecular complexity index is 321. The van der Waals surface area contributed by atoms with E-state index in [1.54, 1.807) is 18.2 Å². The van der Waals surface area contributed by atoms with Crippen LogP contribution in [0.4, 0.5) is 10.1 Å². The molecular weight excluding hydrogens is 225 g/mol. The van der Waals surface area contributed by atoms with Gasteiger partial charge >= 0.3 is 0 Å². The van der Waals surface area contributed by atoms with Gasteiger partial charge in [0.1, 0.15) is 5.75 Å². The van der Waals surface area contributed by atoms with Crippen molar-refractivity contribution in [2.45, 2.75) is 0 Å². The summed E-state index contributed by atoms with van der Waals surface area (Å²) in [6.07, 6.45) is 0. The summed E-state index contributed by atoms with van der Waals surface area (Å²) in [4.78, 5) is 3.18. The van der Waals surface area contributed by atoms with Crippen molar-refractivity contribution in [1.29, 1.82) is 0 Å². The highest BCUT2D eigenvalue weighted by atomic mass is 79.9. The maximum absolute atomic E-state index is 11.8. The molecule has 0 amide bonds. The Balaban J connectivity index is 3.05. The Kier molecular flexibility index (Phi) is 3.06. The maximum Gasteiger partial charge on any atom is 0.229 e. The van der Waals surface area contributed by atoms with E-state index in [1.807, 2.05) is 0 Å².